The van der Waals surface area contributed by atoms with Crippen molar-refractivity contribution in [3.63, 3.8) is 0 Å². The number of carbonyl (C=O) groups is 1. The minimum Gasteiger partial charge on any atom is -0.368 e. The van der Waals surface area contributed by atoms with Crippen LogP contribution >= 0.6 is 0 Å². The average Bonchev–Trinajstić information content (AvgIpc) is 3.16. The molecule has 162 valence electrons. The van der Waals surface area contributed by atoms with E-state index in [2.05, 4.69) is 36.9 Å². The third-order valence-electron chi connectivity index (χ3n) is 6.36. The van der Waals surface area contributed by atoms with Gasteiger partial charge in [-0.3, -0.25) is 9.78 Å². The van der Waals surface area contributed by atoms with E-state index in [1.54, 1.807) is 6.20 Å². The van der Waals surface area contributed by atoms with Crippen molar-refractivity contribution >= 4 is 23.1 Å². The van der Waals surface area contributed by atoms with Gasteiger partial charge in [-0.1, -0.05) is 42.5 Å². The molecule has 2 aromatic carbocycles. The lowest BCUT2D eigenvalue weighted by Gasteiger charge is -2.38. The third-order valence-corrected chi connectivity index (χ3v) is 6.36. The summed E-state index contributed by atoms with van der Waals surface area (Å²) < 4.78 is 0. The summed E-state index contributed by atoms with van der Waals surface area (Å²) in [7, 11) is 0. The summed E-state index contributed by atoms with van der Waals surface area (Å²) in [4.78, 5) is 31.4. The Hall–Kier alpha value is -4.26. The van der Waals surface area contributed by atoms with Crippen molar-refractivity contribution < 1.29 is 4.79 Å². The molecule has 0 radical (unpaired) electrons. The second-order valence-corrected chi connectivity index (χ2v) is 8.23. The number of hydrogen-bond donors (Lipinski definition) is 1. The standard InChI is InChI=1S/C26H22N6O/c27-26-29-23(17-6-2-1-3-7-17)22-24(30-26)21-19(25(22)33)9-4-10-20(21)32-14-12-31(13-15-32)18-8-5-11-28-16-18/h1-11,16H,12-15H2,(H2,27,29,30). The van der Waals surface area contributed by atoms with Gasteiger partial charge < -0.3 is 15.5 Å². The molecule has 0 amide bonds. The average molecular weight is 435 g/mol. The fourth-order valence-electron chi connectivity index (χ4n) is 4.80. The molecule has 3 heterocycles. The van der Waals surface area contributed by atoms with Crippen LogP contribution in [-0.4, -0.2) is 46.9 Å². The summed E-state index contributed by atoms with van der Waals surface area (Å²) in [6.45, 7) is 3.41. The van der Waals surface area contributed by atoms with Crippen molar-refractivity contribution in [3.8, 4) is 22.5 Å². The lowest BCUT2D eigenvalue weighted by molar-refractivity contribution is 0.104. The number of pyridine rings is 1. The number of hydrogen-bond acceptors (Lipinski definition) is 7. The fraction of sp³-hybridized carbons (Fsp3) is 0.154. The number of piperazine rings is 1. The summed E-state index contributed by atoms with van der Waals surface area (Å²) in [5.41, 5.74) is 12.4. The maximum atomic E-state index is 13.5. The molecule has 33 heavy (non-hydrogen) atoms. The van der Waals surface area contributed by atoms with Crippen molar-refractivity contribution in [3.05, 3.63) is 84.2 Å². The molecular formula is C26H22N6O. The SMILES string of the molecule is Nc1nc(-c2ccccc2)c2c(n1)-c1c(cccc1N1CCN(c3cccnc3)CC1)C2=O. The Morgan fingerprint density at radius 1 is 0.758 bits per heavy atom. The summed E-state index contributed by atoms with van der Waals surface area (Å²) >= 11 is 0. The number of ketones is 1. The Morgan fingerprint density at radius 2 is 1.52 bits per heavy atom. The first-order valence-electron chi connectivity index (χ1n) is 11.0. The van der Waals surface area contributed by atoms with Gasteiger partial charge in [-0.15, -0.1) is 0 Å². The first-order valence-corrected chi connectivity index (χ1v) is 11.0. The summed E-state index contributed by atoms with van der Waals surface area (Å²) in [6, 6.07) is 19.6. The smallest absolute Gasteiger partial charge is 0.221 e. The van der Waals surface area contributed by atoms with Crippen molar-refractivity contribution in [1.82, 2.24) is 15.0 Å². The number of benzene rings is 2. The van der Waals surface area contributed by atoms with Gasteiger partial charge in [0.1, 0.15) is 0 Å². The minimum atomic E-state index is -0.0466. The molecule has 0 saturated carbocycles. The second kappa shape index (κ2) is 7.70. The highest BCUT2D eigenvalue weighted by atomic mass is 16.1. The first kappa shape index (κ1) is 19.4. The number of rotatable bonds is 3. The highest BCUT2D eigenvalue weighted by Gasteiger charge is 2.35. The molecule has 0 spiro atoms. The molecule has 1 fully saturated rings. The van der Waals surface area contributed by atoms with Crippen molar-refractivity contribution in [2.75, 3.05) is 41.7 Å². The van der Waals surface area contributed by atoms with Gasteiger partial charge in [-0.25, -0.2) is 9.97 Å². The topological polar surface area (TPSA) is 88.2 Å². The van der Waals surface area contributed by atoms with Crippen LogP contribution in [0, 0.1) is 0 Å². The van der Waals surface area contributed by atoms with Crippen LogP contribution in [0.4, 0.5) is 17.3 Å². The molecule has 7 nitrogen and oxygen atoms in total. The molecule has 0 unspecified atom stereocenters. The van der Waals surface area contributed by atoms with Gasteiger partial charge in [-0.2, -0.15) is 0 Å². The molecule has 1 saturated heterocycles. The van der Waals surface area contributed by atoms with Gasteiger partial charge in [0.05, 0.1) is 28.8 Å². The number of nitrogens with two attached hydrogens (primary N) is 1. The maximum Gasteiger partial charge on any atom is 0.221 e. The van der Waals surface area contributed by atoms with Gasteiger partial charge in [0, 0.05) is 54.8 Å². The van der Waals surface area contributed by atoms with E-state index in [9.17, 15) is 4.79 Å². The van der Waals surface area contributed by atoms with E-state index in [-0.39, 0.29) is 11.7 Å². The monoisotopic (exact) mass is 434 g/mol. The molecule has 0 atom stereocenters. The molecule has 4 aromatic rings. The lowest BCUT2D eigenvalue weighted by atomic mass is 10.0. The highest BCUT2D eigenvalue weighted by molar-refractivity contribution is 6.25. The molecule has 7 heteroatoms. The predicted molar refractivity (Wildman–Crippen MR) is 129 cm³/mol. The second-order valence-electron chi connectivity index (χ2n) is 8.23. The predicted octanol–water partition coefficient (Wildman–Crippen LogP) is 3.66. The van der Waals surface area contributed by atoms with E-state index in [1.165, 1.54) is 0 Å². The molecular weight excluding hydrogens is 412 g/mol. The first-order chi connectivity index (χ1) is 16.2. The van der Waals surface area contributed by atoms with Gasteiger partial charge in [0.15, 0.2) is 5.78 Å². The molecule has 2 N–H and O–H groups in total. The van der Waals surface area contributed by atoms with Crippen molar-refractivity contribution in [2.24, 2.45) is 0 Å². The minimum absolute atomic E-state index is 0.0466. The van der Waals surface area contributed by atoms with Crippen LogP contribution in [0.2, 0.25) is 0 Å². The van der Waals surface area contributed by atoms with Gasteiger partial charge in [0.2, 0.25) is 5.95 Å². The normalized spacial score (nSPS) is 14.8. The number of carbonyl (C=O) groups excluding carboxylic acids is 1. The van der Waals surface area contributed by atoms with Crippen LogP contribution in [0.5, 0.6) is 0 Å². The summed E-state index contributed by atoms with van der Waals surface area (Å²) in [6.07, 6.45) is 3.69. The highest BCUT2D eigenvalue weighted by Crippen LogP contribution is 2.45. The molecule has 2 aromatic heterocycles. The number of nitrogen functional groups attached to an aromatic ring is 1. The van der Waals surface area contributed by atoms with Gasteiger partial charge in [0.25, 0.3) is 0 Å². The van der Waals surface area contributed by atoms with Gasteiger partial charge in [-0.05, 0) is 18.2 Å². The van der Waals surface area contributed by atoms with E-state index in [4.69, 9.17) is 5.73 Å². The van der Waals surface area contributed by atoms with Crippen LogP contribution in [-0.2, 0) is 0 Å². The quantitative estimate of drug-likeness (QED) is 0.464. The van der Waals surface area contributed by atoms with Crippen LogP contribution < -0.4 is 15.5 Å². The van der Waals surface area contributed by atoms with E-state index in [0.717, 1.165) is 48.7 Å². The largest absolute Gasteiger partial charge is 0.368 e. The van der Waals surface area contributed by atoms with Crippen LogP contribution in [0.3, 0.4) is 0 Å². The zero-order chi connectivity index (χ0) is 22.4. The van der Waals surface area contributed by atoms with E-state index in [0.29, 0.717) is 22.5 Å². The molecule has 1 aliphatic heterocycles. The van der Waals surface area contributed by atoms with Crippen LogP contribution in [0.1, 0.15) is 15.9 Å². The van der Waals surface area contributed by atoms with Crippen molar-refractivity contribution in [2.45, 2.75) is 0 Å². The van der Waals surface area contributed by atoms with Crippen LogP contribution in [0.25, 0.3) is 22.5 Å². The Kier molecular flexibility index (Phi) is 4.54. The Labute approximate surface area is 191 Å². The van der Waals surface area contributed by atoms with E-state index >= 15 is 0 Å². The molecule has 0 bridgehead atoms. The van der Waals surface area contributed by atoms with Crippen LogP contribution in [0.15, 0.2) is 73.1 Å². The number of nitrogens with zero attached hydrogens (tertiary/aromatic N) is 5. The maximum absolute atomic E-state index is 13.5. The fourth-order valence-corrected chi connectivity index (χ4v) is 4.80. The molecule has 1 aliphatic carbocycles. The summed E-state index contributed by atoms with van der Waals surface area (Å²) in [5, 5.41) is 0. The summed E-state index contributed by atoms with van der Waals surface area (Å²) in [5.74, 6) is 0.124. The van der Waals surface area contributed by atoms with Crippen molar-refractivity contribution in [1.29, 1.82) is 0 Å². The Balaban J connectivity index is 1.40. The van der Waals surface area contributed by atoms with E-state index < -0.39 is 0 Å². The number of fused-ring (bicyclic) bond motifs is 3. The third kappa shape index (κ3) is 3.20. The zero-order valence-corrected chi connectivity index (χ0v) is 18.0. The zero-order valence-electron chi connectivity index (χ0n) is 18.0. The van der Waals surface area contributed by atoms with Gasteiger partial charge >= 0.3 is 0 Å². The molecule has 6 rings (SSSR count). The molecule has 2 aliphatic rings. The lowest BCUT2D eigenvalue weighted by Crippen LogP contribution is -2.46. The Morgan fingerprint density at radius 3 is 2.27 bits per heavy atom. The van der Waals surface area contributed by atoms with E-state index in [1.807, 2.05) is 54.7 Å². The number of anilines is 3. The number of aromatic nitrogens is 3. The Bertz CT molecular complexity index is 1350.